The first-order valence-corrected chi connectivity index (χ1v) is 5.19. The quantitative estimate of drug-likeness (QED) is 0.587. The van der Waals surface area contributed by atoms with Gasteiger partial charge >= 0.3 is 0 Å². The largest absolute Gasteiger partial charge is 0.342 e. The van der Waals surface area contributed by atoms with E-state index in [1.807, 2.05) is 4.90 Å². The molecule has 1 saturated carbocycles. The van der Waals surface area contributed by atoms with Crippen molar-refractivity contribution < 1.29 is 4.79 Å². The third-order valence-electron chi connectivity index (χ3n) is 3.13. The van der Waals surface area contributed by atoms with Crippen LogP contribution in [0.2, 0.25) is 0 Å². The highest BCUT2D eigenvalue weighted by molar-refractivity contribution is 5.47. The first kappa shape index (κ1) is 9.00. The number of nitrogens with zero attached hydrogens (tertiary/aromatic N) is 2. The fraction of sp³-hybridized carbons (Fsp3) is 0.900. The molecular formula is C10H18N2O. The van der Waals surface area contributed by atoms with Crippen LogP contribution in [0.25, 0.3) is 0 Å². The molecule has 0 radical (unpaired) electrons. The Kier molecular flexibility index (Phi) is 2.28. The van der Waals surface area contributed by atoms with Crippen LogP contribution in [0.15, 0.2) is 0 Å². The SMILES string of the molecule is CC1CN(C=O)CC(C)N1C1CC1. The second-order valence-corrected chi connectivity index (χ2v) is 4.44. The summed E-state index contributed by atoms with van der Waals surface area (Å²) in [5, 5.41) is 0. The van der Waals surface area contributed by atoms with E-state index < -0.39 is 0 Å². The average molecular weight is 182 g/mol. The molecular weight excluding hydrogens is 164 g/mol. The third kappa shape index (κ3) is 1.70. The molecule has 2 rings (SSSR count). The Bertz CT molecular complexity index is 191. The molecule has 1 aliphatic heterocycles. The van der Waals surface area contributed by atoms with Gasteiger partial charge in [-0.3, -0.25) is 9.69 Å². The van der Waals surface area contributed by atoms with Gasteiger partial charge in [0.1, 0.15) is 0 Å². The van der Waals surface area contributed by atoms with Gasteiger partial charge in [-0.1, -0.05) is 0 Å². The molecule has 2 unspecified atom stereocenters. The first-order chi connectivity index (χ1) is 6.22. The zero-order valence-corrected chi connectivity index (χ0v) is 8.44. The lowest BCUT2D eigenvalue weighted by Gasteiger charge is -2.43. The minimum atomic E-state index is 0.543. The molecule has 3 nitrogen and oxygen atoms in total. The zero-order chi connectivity index (χ0) is 9.42. The summed E-state index contributed by atoms with van der Waals surface area (Å²) in [7, 11) is 0. The fourth-order valence-electron chi connectivity index (χ4n) is 2.55. The van der Waals surface area contributed by atoms with Crippen LogP contribution in [0.5, 0.6) is 0 Å². The van der Waals surface area contributed by atoms with Crippen LogP contribution in [0.4, 0.5) is 0 Å². The molecule has 74 valence electrons. The molecule has 0 aromatic heterocycles. The van der Waals surface area contributed by atoms with Crippen LogP contribution in [-0.4, -0.2) is 47.4 Å². The average Bonchev–Trinajstić information content (AvgIpc) is 2.87. The summed E-state index contributed by atoms with van der Waals surface area (Å²) in [6.07, 6.45) is 3.70. The van der Waals surface area contributed by atoms with Crippen LogP contribution < -0.4 is 0 Å². The number of carbonyl (C=O) groups excluding carboxylic acids is 1. The van der Waals surface area contributed by atoms with E-state index >= 15 is 0 Å². The van der Waals surface area contributed by atoms with Crippen LogP contribution in [-0.2, 0) is 4.79 Å². The summed E-state index contributed by atoms with van der Waals surface area (Å²) in [6.45, 7) is 6.27. The normalized spacial score (nSPS) is 36.3. The van der Waals surface area contributed by atoms with Gasteiger partial charge in [-0.25, -0.2) is 0 Å². The number of hydrogen-bond acceptors (Lipinski definition) is 2. The second kappa shape index (κ2) is 3.29. The summed E-state index contributed by atoms with van der Waals surface area (Å²) in [4.78, 5) is 15.1. The van der Waals surface area contributed by atoms with E-state index in [0.29, 0.717) is 12.1 Å². The Morgan fingerprint density at radius 1 is 1.15 bits per heavy atom. The molecule has 1 aliphatic carbocycles. The van der Waals surface area contributed by atoms with E-state index in [9.17, 15) is 4.79 Å². The predicted octanol–water partition coefficient (Wildman–Crippen LogP) is 0.700. The van der Waals surface area contributed by atoms with Gasteiger partial charge in [0.05, 0.1) is 0 Å². The lowest BCUT2D eigenvalue weighted by atomic mass is 10.1. The van der Waals surface area contributed by atoms with Crippen LogP contribution in [0, 0.1) is 0 Å². The molecule has 0 bridgehead atoms. The maximum absolute atomic E-state index is 10.7. The molecule has 0 aromatic carbocycles. The van der Waals surface area contributed by atoms with Crippen LogP contribution in [0.1, 0.15) is 26.7 Å². The highest BCUT2D eigenvalue weighted by atomic mass is 16.1. The lowest BCUT2D eigenvalue weighted by molar-refractivity contribution is -0.122. The minimum Gasteiger partial charge on any atom is -0.342 e. The van der Waals surface area contributed by atoms with E-state index in [2.05, 4.69) is 18.7 Å². The third-order valence-corrected chi connectivity index (χ3v) is 3.13. The maximum atomic E-state index is 10.7. The number of rotatable bonds is 2. The molecule has 0 spiro atoms. The molecule has 0 aromatic rings. The molecule has 1 heterocycles. The van der Waals surface area contributed by atoms with Crippen molar-refractivity contribution in [3.8, 4) is 0 Å². The van der Waals surface area contributed by atoms with Crippen molar-refractivity contribution in [3.63, 3.8) is 0 Å². The maximum Gasteiger partial charge on any atom is 0.209 e. The van der Waals surface area contributed by atoms with Gasteiger partial charge in [-0.05, 0) is 26.7 Å². The first-order valence-electron chi connectivity index (χ1n) is 5.19. The zero-order valence-electron chi connectivity index (χ0n) is 8.44. The molecule has 2 atom stereocenters. The number of piperazine rings is 1. The monoisotopic (exact) mass is 182 g/mol. The Hall–Kier alpha value is -0.570. The van der Waals surface area contributed by atoms with Gasteiger partial charge in [-0.2, -0.15) is 0 Å². The van der Waals surface area contributed by atoms with Gasteiger partial charge in [0.15, 0.2) is 0 Å². The summed E-state index contributed by atoms with van der Waals surface area (Å²) < 4.78 is 0. The highest BCUT2D eigenvalue weighted by Crippen LogP contribution is 2.32. The number of hydrogen-bond donors (Lipinski definition) is 0. The van der Waals surface area contributed by atoms with Gasteiger partial charge in [0.2, 0.25) is 6.41 Å². The standard InChI is InChI=1S/C10H18N2O/c1-8-5-11(7-13)6-9(2)12(8)10-3-4-10/h7-10H,3-6H2,1-2H3. The van der Waals surface area contributed by atoms with Crippen molar-refractivity contribution in [2.24, 2.45) is 0 Å². The predicted molar refractivity (Wildman–Crippen MR) is 51.4 cm³/mol. The summed E-state index contributed by atoms with van der Waals surface area (Å²) in [5.74, 6) is 0. The van der Waals surface area contributed by atoms with Crippen molar-refractivity contribution in [2.75, 3.05) is 13.1 Å². The topological polar surface area (TPSA) is 23.6 Å². The van der Waals surface area contributed by atoms with Gasteiger partial charge in [0, 0.05) is 31.2 Å². The van der Waals surface area contributed by atoms with E-state index in [1.54, 1.807) is 0 Å². The molecule has 3 heteroatoms. The Morgan fingerprint density at radius 3 is 2.08 bits per heavy atom. The van der Waals surface area contributed by atoms with Gasteiger partial charge in [0.25, 0.3) is 0 Å². The number of carbonyl (C=O) groups is 1. The van der Waals surface area contributed by atoms with Gasteiger partial charge < -0.3 is 4.90 Å². The molecule has 1 saturated heterocycles. The Morgan fingerprint density at radius 2 is 1.69 bits per heavy atom. The van der Waals surface area contributed by atoms with Crippen LogP contribution in [0.3, 0.4) is 0 Å². The molecule has 1 amide bonds. The highest BCUT2D eigenvalue weighted by Gasteiger charge is 2.38. The number of amides is 1. The van der Waals surface area contributed by atoms with E-state index in [1.165, 1.54) is 12.8 Å². The van der Waals surface area contributed by atoms with Crippen LogP contribution >= 0.6 is 0 Å². The molecule has 0 N–H and O–H groups in total. The van der Waals surface area contributed by atoms with Crippen molar-refractivity contribution in [2.45, 2.75) is 44.8 Å². The molecule has 2 fully saturated rings. The Labute approximate surface area is 79.7 Å². The molecule has 13 heavy (non-hydrogen) atoms. The van der Waals surface area contributed by atoms with Gasteiger partial charge in [-0.15, -0.1) is 0 Å². The Balaban J connectivity index is 2.00. The summed E-state index contributed by atoms with van der Waals surface area (Å²) >= 11 is 0. The van der Waals surface area contributed by atoms with E-state index in [4.69, 9.17) is 0 Å². The van der Waals surface area contributed by atoms with Crippen molar-refractivity contribution >= 4 is 6.41 Å². The minimum absolute atomic E-state index is 0.543. The van der Waals surface area contributed by atoms with Crippen molar-refractivity contribution in [1.82, 2.24) is 9.80 Å². The van der Waals surface area contributed by atoms with E-state index in [0.717, 1.165) is 25.5 Å². The molecule has 2 aliphatic rings. The second-order valence-electron chi connectivity index (χ2n) is 4.44. The van der Waals surface area contributed by atoms with Crippen molar-refractivity contribution in [1.29, 1.82) is 0 Å². The lowest BCUT2D eigenvalue weighted by Crippen LogP contribution is -2.56. The summed E-state index contributed by atoms with van der Waals surface area (Å²) in [5.41, 5.74) is 0. The fourth-order valence-corrected chi connectivity index (χ4v) is 2.55. The summed E-state index contributed by atoms with van der Waals surface area (Å²) in [6, 6.07) is 1.90. The smallest absolute Gasteiger partial charge is 0.209 e. The van der Waals surface area contributed by atoms with Crippen molar-refractivity contribution in [3.05, 3.63) is 0 Å². The van der Waals surface area contributed by atoms with E-state index in [-0.39, 0.29) is 0 Å².